The van der Waals surface area contributed by atoms with Crippen molar-refractivity contribution in [1.29, 1.82) is 0 Å². The highest BCUT2D eigenvalue weighted by atomic mass is 16.6. The maximum Gasteiger partial charge on any atom is 0.408 e. The topological polar surface area (TPSA) is 226 Å². The Hall–Kier alpha value is -5.54. The van der Waals surface area contributed by atoms with Gasteiger partial charge in [0.25, 0.3) is 5.69 Å². The quantitative estimate of drug-likeness (QED) is 0.145. The highest BCUT2D eigenvalue weighted by Crippen LogP contribution is 2.21. The van der Waals surface area contributed by atoms with Gasteiger partial charge in [0.1, 0.15) is 29.8 Å². The van der Waals surface area contributed by atoms with Gasteiger partial charge >= 0.3 is 12.1 Å². The van der Waals surface area contributed by atoms with Gasteiger partial charge in [-0.1, -0.05) is 30.3 Å². The number of carbonyl (C=O) groups is 6. The van der Waals surface area contributed by atoms with E-state index in [9.17, 15) is 44.0 Å². The number of aliphatic carboxylic acids is 1. The van der Waals surface area contributed by atoms with Gasteiger partial charge in [-0.15, -0.1) is 0 Å². The van der Waals surface area contributed by atoms with E-state index in [1.54, 1.807) is 51.1 Å². The number of alkyl carbamates (subject to hydrolysis) is 1. The lowest BCUT2D eigenvalue weighted by atomic mass is 10.0. The summed E-state index contributed by atoms with van der Waals surface area (Å²) in [6.07, 6.45) is -0.763. The number of nitrogens with one attached hydrogen (secondary N) is 4. The number of hydrogen-bond acceptors (Lipinski definition) is 9. The Balaban J connectivity index is 1.77. The molecule has 0 saturated carbocycles. The van der Waals surface area contributed by atoms with Crippen molar-refractivity contribution in [3.05, 3.63) is 70.3 Å². The predicted octanol–water partition coefficient (Wildman–Crippen LogP) is 2.51. The van der Waals surface area contributed by atoms with E-state index < -0.39 is 76.8 Å². The van der Waals surface area contributed by atoms with Gasteiger partial charge in [0.2, 0.25) is 23.6 Å². The van der Waals surface area contributed by atoms with Crippen LogP contribution in [0.3, 0.4) is 0 Å². The number of anilines is 1. The van der Waals surface area contributed by atoms with E-state index in [-0.39, 0.29) is 37.2 Å². The van der Waals surface area contributed by atoms with Crippen LogP contribution in [0, 0.1) is 10.1 Å². The Morgan fingerprint density at radius 2 is 1.61 bits per heavy atom. The molecule has 0 bridgehead atoms. The maximum absolute atomic E-state index is 14.0. The number of nitrogens with zero attached hydrogens (tertiary/aromatic N) is 2. The molecule has 3 rings (SSSR count). The Morgan fingerprint density at radius 1 is 0.959 bits per heavy atom. The molecule has 264 valence electrons. The summed E-state index contributed by atoms with van der Waals surface area (Å²) in [7, 11) is 0. The molecule has 1 aliphatic heterocycles. The molecule has 0 spiro atoms. The van der Waals surface area contributed by atoms with Crippen LogP contribution in [0.25, 0.3) is 0 Å². The number of non-ortho nitro benzene ring substituents is 1. The fraction of sp³-hybridized carbons (Fsp3) is 0.455. The van der Waals surface area contributed by atoms with Gasteiger partial charge in [0.15, 0.2) is 0 Å². The summed E-state index contributed by atoms with van der Waals surface area (Å²) in [6, 6.07) is 9.33. The highest BCUT2D eigenvalue weighted by molar-refractivity contribution is 5.99. The van der Waals surface area contributed by atoms with Gasteiger partial charge in [-0.3, -0.25) is 34.1 Å². The number of benzene rings is 2. The van der Waals surface area contributed by atoms with E-state index in [1.165, 1.54) is 36.1 Å². The largest absolute Gasteiger partial charge is 0.481 e. The molecule has 2 aromatic carbocycles. The van der Waals surface area contributed by atoms with Crippen LogP contribution in [0.4, 0.5) is 16.2 Å². The van der Waals surface area contributed by atoms with Gasteiger partial charge in [0.05, 0.1) is 4.92 Å². The van der Waals surface area contributed by atoms with Crippen molar-refractivity contribution >= 4 is 47.1 Å². The van der Waals surface area contributed by atoms with Gasteiger partial charge < -0.3 is 36.0 Å². The smallest absolute Gasteiger partial charge is 0.408 e. The van der Waals surface area contributed by atoms with E-state index in [0.717, 1.165) is 5.56 Å². The number of nitro groups is 1. The zero-order valence-corrected chi connectivity index (χ0v) is 27.8. The summed E-state index contributed by atoms with van der Waals surface area (Å²) in [4.78, 5) is 89.1. The lowest BCUT2D eigenvalue weighted by Crippen LogP contribution is -2.58. The lowest BCUT2D eigenvalue weighted by Gasteiger charge is -2.30. The van der Waals surface area contributed by atoms with Crippen molar-refractivity contribution in [2.75, 3.05) is 11.9 Å². The first-order chi connectivity index (χ1) is 23.0. The number of hydrogen-bond donors (Lipinski definition) is 5. The zero-order chi connectivity index (χ0) is 36.3. The summed E-state index contributed by atoms with van der Waals surface area (Å²) < 4.78 is 5.22. The monoisotopic (exact) mass is 682 g/mol. The summed E-state index contributed by atoms with van der Waals surface area (Å²) in [5, 5.41) is 30.4. The maximum atomic E-state index is 14.0. The second kappa shape index (κ2) is 17.0. The van der Waals surface area contributed by atoms with E-state index in [0.29, 0.717) is 6.42 Å². The first-order valence-corrected chi connectivity index (χ1v) is 15.8. The van der Waals surface area contributed by atoms with Crippen LogP contribution in [0.1, 0.15) is 58.9 Å². The summed E-state index contributed by atoms with van der Waals surface area (Å²) in [5.74, 6) is -3.85. The molecule has 0 aliphatic carbocycles. The minimum atomic E-state index is -1.31. The van der Waals surface area contributed by atoms with Crippen LogP contribution in [-0.4, -0.2) is 86.9 Å². The average molecular weight is 683 g/mol. The number of ether oxygens (including phenoxy) is 1. The summed E-state index contributed by atoms with van der Waals surface area (Å²) in [6.45, 7) is 6.64. The molecular weight excluding hydrogens is 640 g/mol. The third-order valence-corrected chi connectivity index (χ3v) is 7.49. The molecule has 0 aromatic heterocycles. The average Bonchev–Trinajstić information content (AvgIpc) is 3.52. The number of likely N-dealkylation sites (tertiary alicyclic amines) is 1. The molecule has 16 heteroatoms. The molecule has 4 atom stereocenters. The number of rotatable bonds is 14. The van der Waals surface area contributed by atoms with Crippen molar-refractivity contribution in [3.63, 3.8) is 0 Å². The first-order valence-electron chi connectivity index (χ1n) is 15.8. The molecule has 1 heterocycles. The number of nitro benzene ring substituents is 1. The first kappa shape index (κ1) is 37.9. The molecule has 0 radical (unpaired) electrons. The van der Waals surface area contributed by atoms with Crippen LogP contribution < -0.4 is 21.3 Å². The normalized spacial score (nSPS) is 16.0. The molecule has 1 fully saturated rings. The Morgan fingerprint density at radius 3 is 2.20 bits per heavy atom. The van der Waals surface area contributed by atoms with E-state index in [4.69, 9.17) is 4.74 Å². The molecule has 1 saturated heterocycles. The number of carboxylic acids is 1. The van der Waals surface area contributed by atoms with Crippen LogP contribution >= 0.6 is 0 Å². The SMILES string of the molecule is C[C@H](NC(=O)OC(C)(C)C)C(=O)N[C@@H](Cc1ccccc1)C(=O)N1CCC[C@H]1C(=O)N[C@@H](CCC(=O)O)C(=O)Nc1ccc([N+](=O)[O-])cc1. The molecule has 16 nitrogen and oxygen atoms in total. The van der Waals surface area contributed by atoms with Crippen molar-refractivity contribution in [3.8, 4) is 0 Å². The molecule has 1 aliphatic rings. The zero-order valence-electron chi connectivity index (χ0n) is 27.8. The Labute approximate surface area is 283 Å². The third-order valence-electron chi connectivity index (χ3n) is 7.49. The predicted molar refractivity (Wildman–Crippen MR) is 176 cm³/mol. The van der Waals surface area contributed by atoms with Crippen LogP contribution in [0.15, 0.2) is 54.6 Å². The van der Waals surface area contributed by atoms with Crippen molar-refractivity contribution in [1.82, 2.24) is 20.9 Å². The van der Waals surface area contributed by atoms with Gasteiger partial charge in [0, 0.05) is 37.2 Å². The van der Waals surface area contributed by atoms with Gasteiger partial charge in [-0.25, -0.2) is 4.79 Å². The standard InChI is InChI=1S/C33H42N6O10/c1-20(34-32(46)49-33(2,3)4)28(42)37-25(19-21-9-6-5-7-10-21)31(45)38-18-8-11-26(38)30(44)36-24(16-17-27(40)41)29(43)35-22-12-14-23(15-13-22)39(47)48/h5-7,9-10,12-15,20,24-26H,8,11,16-19H2,1-4H3,(H,34,46)(H,35,43)(H,36,44)(H,37,42)(H,40,41)/t20-,24-,25-,26-/m0/s1. The second-order valence-corrected chi connectivity index (χ2v) is 12.6. The molecule has 5 N–H and O–H groups in total. The van der Waals surface area contributed by atoms with Gasteiger partial charge in [-0.05, 0) is 64.7 Å². The molecular formula is C33H42N6O10. The molecule has 0 unspecified atom stereocenters. The third kappa shape index (κ3) is 11.9. The second-order valence-electron chi connectivity index (χ2n) is 12.6. The van der Waals surface area contributed by atoms with Crippen LogP contribution in [0.2, 0.25) is 0 Å². The summed E-state index contributed by atoms with van der Waals surface area (Å²) in [5.41, 5.74) is -0.0751. The number of carboxylic acid groups (broad SMARTS) is 1. The Bertz CT molecular complexity index is 1530. The van der Waals surface area contributed by atoms with Crippen molar-refractivity contribution < 1.29 is 43.5 Å². The van der Waals surface area contributed by atoms with E-state index in [1.807, 2.05) is 0 Å². The minimum absolute atomic E-state index is 0.0777. The Kier molecular flexibility index (Phi) is 13.2. The number of carbonyl (C=O) groups excluding carboxylic acids is 5. The fourth-order valence-electron chi connectivity index (χ4n) is 5.10. The lowest BCUT2D eigenvalue weighted by molar-refractivity contribution is -0.384. The van der Waals surface area contributed by atoms with Crippen molar-refractivity contribution in [2.45, 2.75) is 89.6 Å². The van der Waals surface area contributed by atoms with E-state index in [2.05, 4.69) is 21.3 Å². The molecule has 49 heavy (non-hydrogen) atoms. The fourth-order valence-corrected chi connectivity index (χ4v) is 5.10. The molecule has 2 aromatic rings. The molecule has 5 amide bonds. The minimum Gasteiger partial charge on any atom is -0.481 e. The highest BCUT2D eigenvalue weighted by Gasteiger charge is 2.39. The van der Waals surface area contributed by atoms with Gasteiger partial charge in [-0.2, -0.15) is 0 Å². The van der Waals surface area contributed by atoms with Crippen LogP contribution in [-0.2, 0) is 35.1 Å². The van der Waals surface area contributed by atoms with E-state index >= 15 is 0 Å². The van der Waals surface area contributed by atoms with Crippen LogP contribution in [0.5, 0.6) is 0 Å². The summed E-state index contributed by atoms with van der Waals surface area (Å²) >= 11 is 0. The van der Waals surface area contributed by atoms with Crippen molar-refractivity contribution in [2.24, 2.45) is 0 Å². The number of amides is 5.